The van der Waals surface area contributed by atoms with Crippen LogP contribution in [-0.4, -0.2) is 0 Å². The summed E-state index contributed by atoms with van der Waals surface area (Å²) in [6.07, 6.45) is 34.9. The van der Waals surface area contributed by atoms with E-state index in [4.69, 9.17) is 0 Å². The lowest BCUT2D eigenvalue weighted by Crippen LogP contribution is -2.25. The topological polar surface area (TPSA) is 0 Å². The Morgan fingerprint density at radius 2 is 1.15 bits per heavy atom. The average Bonchev–Trinajstić information content (AvgIpc) is 2.99. The van der Waals surface area contributed by atoms with E-state index in [9.17, 15) is 0 Å². The molecule has 0 aliphatic heterocycles. The lowest BCUT2D eigenvalue weighted by Gasteiger charge is -2.37. The Balaban J connectivity index is 1.11. The zero-order valence-corrected chi connectivity index (χ0v) is 25.8. The highest BCUT2D eigenvalue weighted by molar-refractivity contribution is 5.39. The normalized spacial score (nSPS) is 29.7. The molecule has 0 saturated heterocycles. The van der Waals surface area contributed by atoms with Crippen LogP contribution in [0.25, 0.3) is 0 Å². The van der Waals surface area contributed by atoms with Crippen LogP contribution in [0.5, 0.6) is 0 Å². The van der Waals surface area contributed by atoms with Crippen LogP contribution in [0.2, 0.25) is 0 Å². The predicted molar refractivity (Wildman–Crippen MR) is 171 cm³/mol. The summed E-state index contributed by atoms with van der Waals surface area (Å²) in [6.45, 7) is 4.64. The van der Waals surface area contributed by atoms with E-state index in [2.05, 4.69) is 62.1 Å². The van der Waals surface area contributed by atoms with Crippen molar-refractivity contribution in [2.24, 2.45) is 29.6 Å². The molecule has 216 valence electrons. The van der Waals surface area contributed by atoms with Crippen LogP contribution in [0.4, 0.5) is 0 Å². The number of allylic oxidation sites excluding steroid dienone is 2. The molecule has 0 unspecified atom stereocenters. The van der Waals surface area contributed by atoms with Crippen molar-refractivity contribution in [1.29, 1.82) is 0 Å². The maximum atomic E-state index is 3.40. The molecule has 3 aliphatic rings. The summed E-state index contributed by atoms with van der Waals surface area (Å²) in [6, 6.07) is 9.23. The Kier molecular flexibility index (Phi) is 13.6. The van der Waals surface area contributed by atoms with Gasteiger partial charge in [-0.1, -0.05) is 115 Å². The van der Waals surface area contributed by atoms with Gasteiger partial charge in [-0.2, -0.15) is 0 Å². The maximum absolute atomic E-state index is 3.40. The van der Waals surface area contributed by atoms with E-state index in [1.165, 1.54) is 140 Å². The summed E-state index contributed by atoms with van der Waals surface area (Å²) in [5.41, 5.74) is 2.71. The van der Waals surface area contributed by atoms with Crippen LogP contribution < -0.4 is 0 Å². The van der Waals surface area contributed by atoms with Crippen LogP contribution in [0.3, 0.4) is 0 Å². The van der Waals surface area contributed by atoms with Crippen molar-refractivity contribution in [2.45, 2.75) is 155 Å². The molecule has 1 aromatic carbocycles. The van der Waals surface area contributed by atoms with E-state index >= 15 is 0 Å². The molecule has 3 saturated carbocycles. The van der Waals surface area contributed by atoms with Gasteiger partial charge >= 0.3 is 0 Å². The Labute approximate surface area is 243 Å². The molecular weight excluding hydrogens is 468 g/mol. The molecule has 1 aromatic rings. The van der Waals surface area contributed by atoms with Crippen molar-refractivity contribution in [1.82, 2.24) is 0 Å². The van der Waals surface area contributed by atoms with E-state index in [-0.39, 0.29) is 0 Å². The summed E-state index contributed by atoms with van der Waals surface area (Å²) >= 11 is 0. The summed E-state index contributed by atoms with van der Waals surface area (Å²) in [5, 5.41) is 0. The van der Waals surface area contributed by atoms with Gasteiger partial charge in [-0.15, -0.1) is 0 Å². The fourth-order valence-corrected chi connectivity index (χ4v) is 8.23. The molecule has 3 fully saturated rings. The maximum Gasteiger partial charge on any atom is 0.0249 e. The fraction of sp³-hybridized carbons (Fsp3) is 0.744. The molecule has 0 atom stereocenters. The van der Waals surface area contributed by atoms with Gasteiger partial charge < -0.3 is 0 Å². The molecule has 0 aromatic heterocycles. The van der Waals surface area contributed by atoms with E-state index < -0.39 is 0 Å². The minimum Gasteiger partial charge on any atom is -0.0730 e. The first-order chi connectivity index (χ1) is 19.2. The smallest absolute Gasteiger partial charge is 0.0249 e. The number of unbranched alkanes of at least 4 members (excludes halogenated alkanes) is 5. The Hall–Kier alpha value is -1.48. The van der Waals surface area contributed by atoms with Gasteiger partial charge in [-0.05, 0) is 123 Å². The van der Waals surface area contributed by atoms with Crippen LogP contribution >= 0.6 is 0 Å². The average molecular weight is 529 g/mol. The second kappa shape index (κ2) is 17.4. The fourth-order valence-electron chi connectivity index (χ4n) is 8.23. The molecule has 0 spiro atoms. The zero-order chi connectivity index (χ0) is 27.1. The van der Waals surface area contributed by atoms with Crippen LogP contribution in [0, 0.1) is 41.4 Å². The quantitative estimate of drug-likeness (QED) is 0.187. The first-order valence-electron chi connectivity index (χ1n) is 17.5. The summed E-state index contributed by atoms with van der Waals surface area (Å²) in [4.78, 5) is 0. The van der Waals surface area contributed by atoms with Crippen LogP contribution in [-0.2, 0) is 0 Å². The van der Waals surface area contributed by atoms with Crippen LogP contribution in [0.15, 0.2) is 36.4 Å². The highest BCUT2D eigenvalue weighted by Gasteiger charge is 2.30. The van der Waals surface area contributed by atoms with E-state index in [0.717, 1.165) is 35.5 Å². The lowest BCUT2D eigenvalue weighted by atomic mass is 9.68. The highest BCUT2D eigenvalue weighted by atomic mass is 14.4. The van der Waals surface area contributed by atoms with Gasteiger partial charge in [0, 0.05) is 5.56 Å². The van der Waals surface area contributed by atoms with Gasteiger partial charge in [0.2, 0.25) is 0 Å². The standard InChI is InChI=1S/C39H60/c1-3-5-7-9-13-33-18-26-37(27-19-33)39-30-22-35(23-31-39)15-11-10-14-34-20-28-38(29-21-34)36-24-16-32(17-25-36)12-8-6-4-2/h11,15,20-21,28-29,32-33,35-37,39H,3-9,12-13,16-19,22-27,30-31H2,1-2H3. The van der Waals surface area contributed by atoms with E-state index in [1.54, 1.807) is 5.56 Å². The van der Waals surface area contributed by atoms with Gasteiger partial charge in [0.25, 0.3) is 0 Å². The minimum absolute atomic E-state index is 0.755. The molecule has 0 nitrogen and oxygen atoms in total. The first kappa shape index (κ1) is 30.5. The first-order valence-corrected chi connectivity index (χ1v) is 17.5. The van der Waals surface area contributed by atoms with Crippen molar-refractivity contribution in [3.05, 3.63) is 47.5 Å². The zero-order valence-electron chi connectivity index (χ0n) is 25.8. The highest BCUT2D eigenvalue weighted by Crippen LogP contribution is 2.42. The van der Waals surface area contributed by atoms with Gasteiger partial charge in [0.05, 0.1) is 0 Å². The van der Waals surface area contributed by atoms with Crippen molar-refractivity contribution in [3.63, 3.8) is 0 Å². The van der Waals surface area contributed by atoms with E-state index in [1.807, 2.05) is 0 Å². The minimum atomic E-state index is 0.755. The molecule has 0 bridgehead atoms. The third-order valence-corrected chi connectivity index (χ3v) is 11.0. The SMILES string of the molecule is CCCCCCC1CCC(C2CCC(C=CC#Cc3ccc(C4CCC(CCCCC)CC4)cc3)CC2)CC1. The van der Waals surface area contributed by atoms with Gasteiger partial charge in [-0.3, -0.25) is 0 Å². The lowest BCUT2D eigenvalue weighted by molar-refractivity contribution is 0.151. The Morgan fingerprint density at radius 1 is 0.615 bits per heavy atom. The summed E-state index contributed by atoms with van der Waals surface area (Å²) < 4.78 is 0. The monoisotopic (exact) mass is 528 g/mol. The van der Waals surface area contributed by atoms with Gasteiger partial charge in [0.15, 0.2) is 0 Å². The molecule has 0 heteroatoms. The van der Waals surface area contributed by atoms with Crippen molar-refractivity contribution >= 4 is 0 Å². The number of rotatable bonds is 12. The van der Waals surface area contributed by atoms with Crippen molar-refractivity contribution < 1.29 is 0 Å². The molecule has 0 radical (unpaired) electrons. The third kappa shape index (κ3) is 10.5. The molecule has 39 heavy (non-hydrogen) atoms. The van der Waals surface area contributed by atoms with Gasteiger partial charge in [-0.25, -0.2) is 0 Å². The number of benzene rings is 1. The summed E-state index contributed by atoms with van der Waals surface area (Å²) in [5.74, 6) is 12.4. The predicted octanol–water partition coefficient (Wildman–Crippen LogP) is 12.0. The molecular formula is C39H60. The van der Waals surface area contributed by atoms with Crippen molar-refractivity contribution in [3.8, 4) is 11.8 Å². The Morgan fingerprint density at radius 3 is 1.77 bits per heavy atom. The van der Waals surface area contributed by atoms with E-state index in [0.29, 0.717) is 0 Å². The molecule has 0 N–H and O–H groups in total. The van der Waals surface area contributed by atoms with Gasteiger partial charge in [0.1, 0.15) is 0 Å². The van der Waals surface area contributed by atoms with Crippen LogP contribution in [0.1, 0.15) is 166 Å². The molecule has 4 rings (SSSR count). The summed E-state index contributed by atoms with van der Waals surface area (Å²) in [7, 11) is 0. The number of hydrogen-bond acceptors (Lipinski definition) is 0. The molecule has 0 heterocycles. The third-order valence-electron chi connectivity index (χ3n) is 11.0. The largest absolute Gasteiger partial charge is 0.0730 e. The number of hydrogen-bond donors (Lipinski definition) is 0. The second-order valence-corrected chi connectivity index (χ2v) is 13.8. The van der Waals surface area contributed by atoms with Crippen molar-refractivity contribution in [2.75, 3.05) is 0 Å². The Bertz CT molecular complexity index is 855. The molecule has 0 amide bonds. The molecule has 3 aliphatic carbocycles. The second-order valence-electron chi connectivity index (χ2n) is 13.8.